The molecule has 3 unspecified atom stereocenters. The number of cyclic esters (lactones) is 2. The number of ether oxygens (including phenoxy) is 1. The normalized spacial score (nSPS) is 35.9. The molecular weight excluding hydrogens is 228 g/mol. The van der Waals surface area contributed by atoms with Crippen molar-refractivity contribution < 1.29 is 19.4 Å². The van der Waals surface area contributed by atoms with Crippen LogP contribution in [-0.2, 0) is 14.3 Å². The molecule has 86 valence electrons. The van der Waals surface area contributed by atoms with Gasteiger partial charge in [-0.15, -0.1) is 0 Å². The predicted octanol–water partition coefficient (Wildman–Crippen LogP) is 0.500. The van der Waals surface area contributed by atoms with Gasteiger partial charge in [0, 0.05) is 16.9 Å². The summed E-state index contributed by atoms with van der Waals surface area (Å²) >= 11 is 1.70. The number of aliphatic hydroxyl groups excluding tert-OH is 1. The zero-order chi connectivity index (χ0) is 11.3. The first-order valence-corrected chi connectivity index (χ1v) is 6.50. The van der Waals surface area contributed by atoms with Crippen molar-refractivity contribution in [3.63, 3.8) is 0 Å². The molecule has 1 N–H and O–H groups in total. The minimum Gasteiger partial charge on any atom is -0.396 e. The Balaban J connectivity index is 1.84. The second-order valence-electron chi connectivity index (χ2n) is 4.41. The Hall–Kier alpha value is -0.810. The first kappa shape index (κ1) is 10.4. The lowest BCUT2D eigenvalue weighted by Gasteiger charge is -2.20. The predicted molar refractivity (Wildman–Crippen MR) is 57.7 cm³/mol. The molecule has 0 amide bonds. The summed E-state index contributed by atoms with van der Waals surface area (Å²) in [6, 6.07) is 0. The number of esters is 2. The summed E-state index contributed by atoms with van der Waals surface area (Å²) in [5.41, 5.74) is 1.28. The summed E-state index contributed by atoms with van der Waals surface area (Å²) in [6.07, 6.45) is 1.85. The lowest BCUT2D eigenvalue weighted by molar-refractivity contribution is -0.151. The maximum atomic E-state index is 11.5. The highest BCUT2D eigenvalue weighted by atomic mass is 32.2. The molecule has 2 bridgehead atoms. The van der Waals surface area contributed by atoms with Crippen LogP contribution in [0.4, 0.5) is 0 Å². The van der Waals surface area contributed by atoms with E-state index in [4.69, 9.17) is 5.11 Å². The average molecular weight is 240 g/mol. The van der Waals surface area contributed by atoms with E-state index in [1.165, 1.54) is 0 Å². The van der Waals surface area contributed by atoms with E-state index in [2.05, 4.69) is 4.74 Å². The molecule has 0 radical (unpaired) electrons. The van der Waals surface area contributed by atoms with Gasteiger partial charge in [0.05, 0.1) is 17.8 Å². The fourth-order valence-electron chi connectivity index (χ4n) is 3.08. The Morgan fingerprint density at radius 1 is 1.25 bits per heavy atom. The highest BCUT2D eigenvalue weighted by Crippen LogP contribution is 2.55. The lowest BCUT2D eigenvalue weighted by atomic mass is 9.93. The van der Waals surface area contributed by atoms with Gasteiger partial charge in [0.1, 0.15) is 0 Å². The van der Waals surface area contributed by atoms with E-state index in [0.717, 1.165) is 12.8 Å². The van der Waals surface area contributed by atoms with Gasteiger partial charge >= 0.3 is 11.9 Å². The average Bonchev–Trinajstić information content (AvgIpc) is 2.88. The van der Waals surface area contributed by atoms with E-state index in [9.17, 15) is 9.59 Å². The van der Waals surface area contributed by atoms with Crippen molar-refractivity contribution >= 4 is 23.7 Å². The van der Waals surface area contributed by atoms with Crippen molar-refractivity contribution in [2.45, 2.75) is 18.1 Å². The summed E-state index contributed by atoms with van der Waals surface area (Å²) in [4.78, 5) is 22.9. The van der Waals surface area contributed by atoms with Crippen molar-refractivity contribution in [2.24, 2.45) is 11.8 Å². The van der Waals surface area contributed by atoms with E-state index in [0.29, 0.717) is 22.1 Å². The van der Waals surface area contributed by atoms with Crippen LogP contribution in [0, 0.1) is 11.8 Å². The quantitative estimate of drug-likeness (QED) is 0.575. The largest absolute Gasteiger partial charge is 0.396 e. The Bertz CT molecular complexity index is 401. The van der Waals surface area contributed by atoms with Gasteiger partial charge in [-0.05, 0) is 18.8 Å². The minimum atomic E-state index is -0.429. The Kier molecular flexibility index (Phi) is 2.33. The molecule has 3 rings (SSSR count). The standard InChI is InChI=1S/C11H12O4S/c12-1-2-16-7-4-5-3-6(7)9-8(5)10(13)15-11(9)14/h5-7,12H,1-4H2. The van der Waals surface area contributed by atoms with E-state index in [1.54, 1.807) is 11.8 Å². The van der Waals surface area contributed by atoms with Gasteiger partial charge in [-0.3, -0.25) is 0 Å². The number of hydrogen-bond acceptors (Lipinski definition) is 5. The summed E-state index contributed by atoms with van der Waals surface area (Å²) in [6.45, 7) is 0.161. The Morgan fingerprint density at radius 2 is 2.00 bits per heavy atom. The van der Waals surface area contributed by atoms with Crippen molar-refractivity contribution in [1.82, 2.24) is 0 Å². The van der Waals surface area contributed by atoms with Gasteiger partial charge in [-0.25, -0.2) is 9.59 Å². The van der Waals surface area contributed by atoms with Crippen molar-refractivity contribution in [3.05, 3.63) is 11.1 Å². The maximum Gasteiger partial charge on any atom is 0.342 e. The molecule has 1 aliphatic heterocycles. The fourth-order valence-corrected chi connectivity index (χ4v) is 4.33. The van der Waals surface area contributed by atoms with Gasteiger partial charge in [0.25, 0.3) is 0 Å². The van der Waals surface area contributed by atoms with Gasteiger partial charge in [0.15, 0.2) is 0 Å². The first-order valence-electron chi connectivity index (χ1n) is 5.45. The molecule has 0 aromatic carbocycles. The third-order valence-corrected chi connectivity index (χ3v) is 4.99. The highest BCUT2D eigenvalue weighted by molar-refractivity contribution is 7.99. The summed E-state index contributed by atoms with van der Waals surface area (Å²) in [5.74, 6) is 0.241. The molecule has 5 heteroatoms. The number of fused-ring (bicyclic) bond motifs is 4. The molecule has 0 aromatic heterocycles. The second kappa shape index (κ2) is 3.60. The molecular formula is C11H12O4S. The zero-order valence-electron chi connectivity index (χ0n) is 8.64. The van der Waals surface area contributed by atoms with E-state index in [-0.39, 0.29) is 18.4 Å². The van der Waals surface area contributed by atoms with E-state index >= 15 is 0 Å². The lowest BCUT2D eigenvalue weighted by Crippen LogP contribution is -2.19. The molecule has 0 aromatic rings. The van der Waals surface area contributed by atoms with Crippen LogP contribution in [0.15, 0.2) is 11.1 Å². The molecule has 0 saturated heterocycles. The number of carbonyl (C=O) groups excluding carboxylic acids is 2. The van der Waals surface area contributed by atoms with Crippen LogP contribution in [0.25, 0.3) is 0 Å². The fraction of sp³-hybridized carbons (Fsp3) is 0.636. The monoisotopic (exact) mass is 240 g/mol. The Morgan fingerprint density at radius 3 is 2.75 bits per heavy atom. The summed E-state index contributed by atoms with van der Waals surface area (Å²) in [7, 11) is 0. The van der Waals surface area contributed by atoms with Crippen LogP contribution in [0.3, 0.4) is 0 Å². The number of rotatable bonds is 3. The van der Waals surface area contributed by atoms with Crippen molar-refractivity contribution in [2.75, 3.05) is 12.4 Å². The topological polar surface area (TPSA) is 63.6 Å². The number of hydrogen-bond donors (Lipinski definition) is 1. The van der Waals surface area contributed by atoms with Gasteiger partial charge in [-0.1, -0.05) is 0 Å². The summed E-state index contributed by atoms with van der Waals surface area (Å²) in [5, 5.41) is 9.17. The number of thioether (sulfide) groups is 1. The minimum absolute atomic E-state index is 0.161. The van der Waals surface area contributed by atoms with Crippen LogP contribution in [0.5, 0.6) is 0 Å². The maximum absolute atomic E-state index is 11.5. The molecule has 3 aliphatic rings. The number of aliphatic hydroxyl groups is 1. The second-order valence-corrected chi connectivity index (χ2v) is 5.76. The summed E-state index contributed by atoms with van der Waals surface area (Å²) < 4.78 is 4.65. The molecule has 1 heterocycles. The van der Waals surface area contributed by atoms with Gasteiger partial charge in [-0.2, -0.15) is 11.8 Å². The van der Waals surface area contributed by atoms with E-state index in [1.807, 2.05) is 0 Å². The van der Waals surface area contributed by atoms with Crippen LogP contribution in [0.2, 0.25) is 0 Å². The smallest absolute Gasteiger partial charge is 0.342 e. The highest BCUT2D eigenvalue weighted by Gasteiger charge is 2.54. The first-order chi connectivity index (χ1) is 7.72. The van der Waals surface area contributed by atoms with Crippen LogP contribution in [0.1, 0.15) is 12.8 Å². The molecule has 3 atom stereocenters. The molecule has 2 aliphatic carbocycles. The van der Waals surface area contributed by atoms with Gasteiger partial charge < -0.3 is 9.84 Å². The molecule has 1 fully saturated rings. The van der Waals surface area contributed by atoms with Crippen LogP contribution >= 0.6 is 11.8 Å². The molecule has 4 nitrogen and oxygen atoms in total. The number of carbonyl (C=O) groups is 2. The van der Waals surface area contributed by atoms with E-state index < -0.39 is 11.9 Å². The van der Waals surface area contributed by atoms with Crippen LogP contribution < -0.4 is 0 Å². The third kappa shape index (κ3) is 1.28. The van der Waals surface area contributed by atoms with Crippen LogP contribution in [-0.4, -0.2) is 34.7 Å². The third-order valence-electron chi connectivity index (χ3n) is 3.62. The van der Waals surface area contributed by atoms with Crippen molar-refractivity contribution in [3.8, 4) is 0 Å². The molecule has 16 heavy (non-hydrogen) atoms. The van der Waals surface area contributed by atoms with Crippen molar-refractivity contribution in [1.29, 1.82) is 0 Å². The molecule has 0 spiro atoms. The zero-order valence-corrected chi connectivity index (χ0v) is 9.46. The SMILES string of the molecule is O=C1OC(=O)C2=C1C1CC(SCCO)C2C1. The van der Waals surface area contributed by atoms with Gasteiger partial charge in [0.2, 0.25) is 0 Å². The molecule has 1 saturated carbocycles. The Labute approximate surface area is 97.0 Å².